The Morgan fingerprint density at radius 3 is 2.19 bits per heavy atom. The van der Waals surface area contributed by atoms with Crippen molar-refractivity contribution >= 4 is 11.8 Å². The van der Waals surface area contributed by atoms with Gasteiger partial charge in [-0.25, -0.2) is 0 Å². The molecule has 1 N–H and O–H groups in total. The lowest BCUT2D eigenvalue weighted by atomic mass is 9.80. The zero-order valence-electron chi connectivity index (χ0n) is 22.3. The van der Waals surface area contributed by atoms with Crippen LogP contribution in [0.3, 0.4) is 0 Å². The third-order valence-electron chi connectivity index (χ3n) is 7.52. The molecule has 2 amide bonds. The number of benzene rings is 2. The molecule has 2 aliphatic rings. The van der Waals surface area contributed by atoms with Crippen LogP contribution in [0.5, 0.6) is 11.5 Å². The highest BCUT2D eigenvalue weighted by molar-refractivity contribution is 6.00. The standard InChI is InChI=1S/C30H41N3O3/c1-5-6-17-33-28(34)27(20-22(2)3)31-29(35)30(33)15-18-32(19-16-30)21-24-9-13-26(14-10-24)36-25-11-7-23(4)8-12-25/h7-14,22,27H,5-6,15-21H2,1-4H3,(H,31,35). The quantitative estimate of drug-likeness (QED) is 0.517. The summed E-state index contributed by atoms with van der Waals surface area (Å²) in [5, 5.41) is 3.10. The van der Waals surface area contributed by atoms with Crippen LogP contribution >= 0.6 is 0 Å². The van der Waals surface area contributed by atoms with Crippen LogP contribution in [0.25, 0.3) is 0 Å². The SMILES string of the molecule is CCCCN1C(=O)C(CC(C)C)NC(=O)C12CCN(Cc1ccc(Oc3ccc(C)cc3)cc1)CC2. The van der Waals surface area contributed by atoms with Crippen LogP contribution in [0.1, 0.15) is 64.0 Å². The second-order valence-electron chi connectivity index (χ2n) is 10.9. The average Bonchev–Trinajstić information content (AvgIpc) is 2.86. The Morgan fingerprint density at radius 2 is 1.61 bits per heavy atom. The van der Waals surface area contributed by atoms with Crippen molar-refractivity contribution in [3.8, 4) is 11.5 Å². The van der Waals surface area contributed by atoms with E-state index in [9.17, 15) is 9.59 Å². The van der Waals surface area contributed by atoms with E-state index in [-0.39, 0.29) is 11.8 Å². The van der Waals surface area contributed by atoms with Crippen molar-refractivity contribution in [3.05, 3.63) is 59.7 Å². The molecule has 0 radical (unpaired) electrons. The minimum absolute atomic E-state index is 0.0427. The first-order valence-corrected chi connectivity index (χ1v) is 13.5. The Balaban J connectivity index is 1.38. The fraction of sp³-hybridized carbons (Fsp3) is 0.533. The van der Waals surface area contributed by atoms with E-state index in [1.54, 1.807) is 0 Å². The summed E-state index contributed by atoms with van der Waals surface area (Å²) in [7, 11) is 0. The van der Waals surface area contributed by atoms with Gasteiger partial charge in [-0.1, -0.05) is 57.0 Å². The van der Waals surface area contributed by atoms with Gasteiger partial charge in [0.15, 0.2) is 0 Å². The Morgan fingerprint density at radius 1 is 1.00 bits per heavy atom. The molecule has 6 heteroatoms. The van der Waals surface area contributed by atoms with Crippen molar-refractivity contribution < 1.29 is 14.3 Å². The molecule has 2 saturated heterocycles. The molecule has 6 nitrogen and oxygen atoms in total. The average molecular weight is 492 g/mol. The highest BCUT2D eigenvalue weighted by Gasteiger charge is 2.53. The number of likely N-dealkylation sites (tertiary alicyclic amines) is 1. The van der Waals surface area contributed by atoms with Crippen molar-refractivity contribution in [2.45, 2.75) is 77.9 Å². The molecule has 194 valence electrons. The largest absolute Gasteiger partial charge is 0.457 e. The number of nitrogens with zero attached hydrogens (tertiary/aromatic N) is 2. The van der Waals surface area contributed by atoms with Gasteiger partial charge in [0, 0.05) is 26.2 Å². The van der Waals surface area contributed by atoms with Crippen molar-refractivity contribution in [1.82, 2.24) is 15.1 Å². The predicted octanol–water partition coefficient (Wildman–Crippen LogP) is 5.30. The highest BCUT2D eigenvalue weighted by Crippen LogP contribution is 2.35. The zero-order valence-corrected chi connectivity index (χ0v) is 22.3. The van der Waals surface area contributed by atoms with E-state index in [0.717, 1.165) is 44.0 Å². The van der Waals surface area contributed by atoms with E-state index in [1.165, 1.54) is 11.1 Å². The third-order valence-corrected chi connectivity index (χ3v) is 7.52. The number of hydrogen-bond donors (Lipinski definition) is 1. The summed E-state index contributed by atoms with van der Waals surface area (Å²) in [6, 6.07) is 15.9. The molecule has 0 aromatic heterocycles. The smallest absolute Gasteiger partial charge is 0.246 e. The number of carbonyl (C=O) groups excluding carboxylic acids is 2. The molecule has 36 heavy (non-hydrogen) atoms. The molecule has 0 aliphatic carbocycles. The summed E-state index contributed by atoms with van der Waals surface area (Å²) in [6.07, 6.45) is 3.98. The molecule has 2 fully saturated rings. The second kappa shape index (κ2) is 11.5. The van der Waals surface area contributed by atoms with E-state index in [2.05, 4.69) is 50.0 Å². The van der Waals surface area contributed by atoms with Gasteiger partial charge in [0.25, 0.3) is 0 Å². The Labute approximate surface area is 216 Å². The van der Waals surface area contributed by atoms with Gasteiger partial charge in [-0.2, -0.15) is 0 Å². The normalized spacial score (nSPS) is 20.1. The second-order valence-corrected chi connectivity index (χ2v) is 10.9. The van der Waals surface area contributed by atoms with Crippen LogP contribution in [-0.2, 0) is 16.1 Å². The van der Waals surface area contributed by atoms with Gasteiger partial charge in [-0.3, -0.25) is 14.5 Å². The number of aryl methyl sites for hydroxylation is 1. The summed E-state index contributed by atoms with van der Waals surface area (Å²) in [6.45, 7) is 11.5. The van der Waals surface area contributed by atoms with Crippen molar-refractivity contribution in [1.29, 1.82) is 0 Å². The van der Waals surface area contributed by atoms with Crippen molar-refractivity contribution in [2.75, 3.05) is 19.6 Å². The fourth-order valence-electron chi connectivity index (χ4n) is 5.39. The Hall–Kier alpha value is -2.86. The van der Waals surface area contributed by atoms with Crippen LogP contribution in [0.15, 0.2) is 48.5 Å². The Bertz CT molecular complexity index is 1020. The summed E-state index contributed by atoms with van der Waals surface area (Å²) < 4.78 is 5.96. The number of carbonyl (C=O) groups is 2. The molecule has 2 aromatic carbocycles. The lowest BCUT2D eigenvalue weighted by molar-refractivity contribution is -0.161. The summed E-state index contributed by atoms with van der Waals surface area (Å²) in [5.41, 5.74) is 1.72. The topological polar surface area (TPSA) is 61.9 Å². The highest BCUT2D eigenvalue weighted by atomic mass is 16.5. The fourth-order valence-corrected chi connectivity index (χ4v) is 5.39. The monoisotopic (exact) mass is 491 g/mol. The maximum Gasteiger partial charge on any atom is 0.246 e. The minimum atomic E-state index is -0.706. The molecule has 2 heterocycles. The third kappa shape index (κ3) is 5.92. The van der Waals surface area contributed by atoms with Crippen LogP contribution < -0.4 is 10.1 Å². The lowest BCUT2D eigenvalue weighted by Crippen LogP contribution is -2.73. The van der Waals surface area contributed by atoms with Gasteiger partial charge in [-0.15, -0.1) is 0 Å². The maximum atomic E-state index is 13.4. The molecular weight excluding hydrogens is 450 g/mol. The maximum absolute atomic E-state index is 13.4. The number of nitrogens with one attached hydrogen (secondary N) is 1. The molecule has 1 unspecified atom stereocenters. The summed E-state index contributed by atoms with van der Waals surface area (Å²) in [5.74, 6) is 2.16. The van der Waals surface area contributed by atoms with Crippen molar-refractivity contribution in [3.63, 3.8) is 0 Å². The van der Waals surface area contributed by atoms with E-state index >= 15 is 0 Å². The van der Waals surface area contributed by atoms with E-state index < -0.39 is 11.6 Å². The number of rotatable bonds is 9. The van der Waals surface area contributed by atoms with Crippen molar-refractivity contribution in [2.24, 2.45) is 5.92 Å². The number of hydrogen-bond acceptors (Lipinski definition) is 4. The number of piperidine rings is 1. The first-order valence-electron chi connectivity index (χ1n) is 13.5. The molecule has 4 rings (SSSR count). The number of ether oxygens (including phenoxy) is 1. The number of amides is 2. The molecule has 2 aliphatic heterocycles. The first-order chi connectivity index (χ1) is 17.3. The van der Waals surface area contributed by atoms with Crippen LogP contribution in [0.4, 0.5) is 0 Å². The molecular formula is C30H41N3O3. The van der Waals surface area contributed by atoms with E-state index in [0.29, 0.717) is 31.7 Å². The molecule has 2 aromatic rings. The van der Waals surface area contributed by atoms with Gasteiger partial charge in [0.1, 0.15) is 23.1 Å². The van der Waals surface area contributed by atoms with Gasteiger partial charge in [0.2, 0.25) is 11.8 Å². The first kappa shape index (κ1) is 26.2. The Kier molecular flexibility index (Phi) is 8.35. The van der Waals surface area contributed by atoms with Gasteiger partial charge in [-0.05, 0) is 68.4 Å². The lowest BCUT2D eigenvalue weighted by Gasteiger charge is -2.52. The number of piperazine rings is 1. The zero-order chi connectivity index (χ0) is 25.7. The van der Waals surface area contributed by atoms with Gasteiger partial charge >= 0.3 is 0 Å². The molecule has 0 saturated carbocycles. The molecule has 1 atom stereocenters. The van der Waals surface area contributed by atoms with Gasteiger partial charge < -0.3 is 15.0 Å². The van der Waals surface area contributed by atoms with Gasteiger partial charge in [0.05, 0.1) is 0 Å². The van der Waals surface area contributed by atoms with E-state index in [1.807, 2.05) is 41.3 Å². The van der Waals surface area contributed by atoms with Crippen LogP contribution in [0, 0.1) is 12.8 Å². The molecule has 1 spiro atoms. The van der Waals surface area contributed by atoms with Crippen LogP contribution in [0.2, 0.25) is 0 Å². The predicted molar refractivity (Wildman–Crippen MR) is 143 cm³/mol. The number of unbranched alkanes of at least 4 members (excludes halogenated alkanes) is 1. The summed E-state index contributed by atoms with van der Waals surface area (Å²) >= 11 is 0. The molecule has 0 bridgehead atoms. The van der Waals surface area contributed by atoms with Crippen LogP contribution in [-0.4, -0.2) is 52.8 Å². The van der Waals surface area contributed by atoms with E-state index in [4.69, 9.17) is 4.74 Å². The summed E-state index contributed by atoms with van der Waals surface area (Å²) in [4.78, 5) is 31.2. The minimum Gasteiger partial charge on any atom is -0.457 e.